The van der Waals surface area contributed by atoms with Gasteiger partial charge in [-0.05, 0) is 44.4 Å². The van der Waals surface area contributed by atoms with Gasteiger partial charge in [-0.3, -0.25) is 9.59 Å². The summed E-state index contributed by atoms with van der Waals surface area (Å²) in [5, 5.41) is 19.4. The molecule has 0 aromatic carbocycles. The third-order valence-electron chi connectivity index (χ3n) is 8.96. The van der Waals surface area contributed by atoms with Crippen LogP contribution in [0.15, 0.2) is 36.5 Å². The summed E-state index contributed by atoms with van der Waals surface area (Å²) in [6, 6.07) is 0. The molecule has 6 heteroatoms. The minimum atomic E-state index is -0.792. The van der Waals surface area contributed by atoms with Crippen molar-refractivity contribution in [1.29, 1.82) is 0 Å². The summed E-state index contributed by atoms with van der Waals surface area (Å²) in [5.74, 6) is 0.213. The van der Waals surface area contributed by atoms with Crippen molar-refractivity contribution in [3.63, 3.8) is 0 Å². The van der Waals surface area contributed by atoms with E-state index in [-0.39, 0.29) is 25.2 Å². The average Bonchev–Trinajstić information content (AvgIpc) is 3.08. The van der Waals surface area contributed by atoms with Gasteiger partial charge in [0.05, 0.1) is 12.7 Å². The van der Waals surface area contributed by atoms with Crippen molar-refractivity contribution < 1.29 is 29.3 Å². The van der Waals surface area contributed by atoms with E-state index in [9.17, 15) is 19.8 Å². The number of hydrogen-bond donors (Lipinski definition) is 2. The Balaban J connectivity index is 3.58. The number of unbranched alkanes of at least 4 members (excludes halogenated alkanes) is 20. The Morgan fingerprint density at radius 2 is 1.10 bits per heavy atom. The molecule has 286 valence electrons. The third-order valence-corrected chi connectivity index (χ3v) is 8.96. The van der Waals surface area contributed by atoms with Crippen molar-refractivity contribution in [2.24, 2.45) is 5.92 Å². The van der Waals surface area contributed by atoms with Gasteiger partial charge in [0, 0.05) is 12.8 Å². The average molecular weight is 691 g/mol. The lowest BCUT2D eigenvalue weighted by Gasteiger charge is -2.15. The Morgan fingerprint density at radius 3 is 1.61 bits per heavy atom. The molecule has 2 atom stereocenters. The number of aliphatic hydroxyl groups excluding tert-OH is 2. The number of hydrogen-bond acceptors (Lipinski definition) is 6. The van der Waals surface area contributed by atoms with Crippen LogP contribution in [0.3, 0.4) is 0 Å². The fourth-order valence-electron chi connectivity index (χ4n) is 5.83. The first kappa shape index (κ1) is 47.1. The van der Waals surface area contributed by atoms with Crippen LogP contribution in [0.4, 0.5) is 0 Å². The molecule has 0 aromatic heterocycles. The van der Waals surface area contributed by atoms with Crippen LogP contribution in [0, 0.1) is 5.92 Å². The molecule has 0 aliphatic carbocycles. The Kier molecular flexibility index (Phi) is 35.9. The molecule has 0 aromatic rings. The highest BCUT2D eigenvalue weighted by molar-refractivity contribution is 5.70. The predicted molar refractivity (Wildman–Crippen MR) is 207 cm³/mol. The van der Waals surface area contributed by atoms with Crippen LogP contribution in [-0.2, 0) is 19.1 Å². The predicted octanol–water partition coefficient (Wildman–Crippen LogP) is 11.7. The summed E-state index contributed by atoms with van der Waals surface area (Å²) in [4.78, 5) is 24.3. The minimum Gasteiger partial charge on any atom is -0.462 e. The smallest absolute Gasteiger partial charge is 0.306 e. The second-order valence-electron chi connectivity index (χ2n) is 14.4. The van der Waals surface area contributed by atoms with E-state index in [2.05, 4.69) is 32.9 Å². The molecule has 0 spiro atoms. The van der Waals surface area contributed by atoms with E-state index in [4.69, 9.17) is 9.47 Å². The summed E-state index contributed by atoms with van der Waals surface area (Å²) < 4.78 is 10.6. The van der Waals surface area contributed by atoms with Crippen LogP contribution in [0.2, 0.25) is 0 Å². The van der Waals surface area contributed by atoms with Crippen LogP contribution >= 0.6 is 0 Å². The number of carbonyl (C=O) groups is 2. The molecular weight excluding hydrogens is 612 g/mol. The molecule has 1 unspecified atom stereocenters. The van der Waals surface area contributed by atoms with Gasteiger partial charge in [-0.15, -0.1) is 0 Å². The van der Waals surface area contributed by atoms with Crippen LogP contribution < -0.4 is 0 Å². The van der Waals surface area contributed by atoms with Crippen molar-refractivity contribution in [3.8, 4) is 0 Å². The molecular formula is C43H78O6. The van der Waals surface area contributed by atoms with E-state index in [1.54, 1.807) is 0 Å². The molecule has 2 N–H and O–H groups in total. The van der Waals surface area contributed by atoms with E-state index in [1.807, 2.05) is 24.3 Å². The molecule has 0 radical (unpaired) electrons. The van der Waals surface area contributed by atoms with Crippen LogP contribution in [-0.4, -0.2) is 47.6 Å². The molecule has 0 rings (SSSR count). The normalized spacial score (nSPS) is 13.3. The first-order valence-electron chi connectivity index (χ1n) is 20.5. The van der Waals surface area contributed by atoms with Crippen molar-refractivity contribution >= 4 is 11.9 Å². The number of ether oxygens (including phenoxy) is 2. The van der Waals surface area contributed by atoms with E-state index in [1.165, 1.54) is 89.9 Å². The second kappa shape index (κ2) is 37.3. The molecule has 0 aliphatic heterocycles. The van der Waals surface area contributed by atoms with Crippen molar-refractivity contribution in [2.45, 2.75) is 206 Å². The first-order valence-corrected chi connectivity index (χ1v) is 20.5. The molecule has 0 saturated carbocycles. The lowest BCUT2D eigenvalue weighted by molar-refractivity contribution is -0.161. The third kappa shape index (κ3) is 37.2. The van der Waals surface area contributed by atoms with Gasteiger partial charge in [0.15, 0.2) is 6.10 Å². The summed E-state index contributed by atoms with van der Waals surface area (Å²) in [6.07, 6.45) is 41.1. The molecule has 0 saturated heterocycles. The fourth-order valence-corrected chi connectivity index (χ4v) is 5.83. The Labute approximate surface area is 302 Å². The van der Waals surface area contributed by atoms with Gasteiger partial charge < -0.3 is 19.7 Å². The summed E-state index contributed by atoms with van der Waals surface area (Å²) in [5.41, 5.74) is 0. The first-order chi connectivity index (χ1) is 23.9. The molecule has 0 fully saturated rings. The number of esters is 2. The summed E-state index contributed by atoms with van der Waals surface area (Å²) >= 11 is 0. The van der Waals surface area contributed by atoms with Crippen molar-refractivity contribution in [2.75, 3.05) is 13.2 Å². The van der Waals surface area contributed by atoms with Crippen molar-refractivity contribution in [3.05, 3.63) is 36.5 Å². The SMILES string of the molecule is CC/C=C/CC(O)/C=C/C=C/CCCCCCCC(=O)OC[C@H](CO)OC(=O)CCCCCCCCCCCCCCCCCCC(C)C. The highest BCUT2D eigenvalue weighted by atomic mass is 16.6. The van der Waals surface area contributed by atoms with Gasteiger partial charge in [-0.25, -0.2) is 0 Å². The highest BCUT2D eigenvalue weighted by Gasteiger charge is 2.16. The molecule has 0 heterocycles. The van der Waals surface area contributed by atoms with Crippen LogP contribution in [0.5, 0.6) is 0 Å². The van der Waals surface area contributed by atoms with Gasteiger partial charge in [-0.1, -0.05) is 179 Å². The molecule has 49 heavy (non-hydrogen) atoms. The fraction of sp³-hybridized carbons (Fsp3) is 0.814. The number of carbonyl (C=O) groups excluding carboxylic acids is 2. The Bertz CT molecular complexity index is 817. The molecule has 0 aliphatic rings. The number of allylic oxidation sites excluding steroid dienone is 4. The Morgan fingerprint density at radius 1 is 0.612 bits per heavy atom. The maximum Gasteiger partial charge on any atom is 0.306 e. The van der Waals surface area contributed by atoms with Gasteiger partial charge in [0.25, 0.3) is 0 Å². The maximum absolute atomic E-state index is 12.2. The zero-order chi connectivity index (χ0) is 36.0. The van der Waals surface area contributed by atoms with Crippen LogP contribution in [0.25, 0.3) is 0 Å². The minimum absolute atomic E-state index is 0.0904. The summed E-state index contributed by atoms with van der Waals surface area (Å²) in [6.45, 7) is 6.27. The molecule has 0 bridgehead atoms. The number of aliphatic hydroxyl groups is 2. The molecule has 0 amide bonds. The zero-order valence-electron chi connectivity index (χ0n) is 32.2. The van der Waals surface area contributed by atoms with E-state index >= 15 is 0 Å². The topological polar surface area (TPSA) is 93.1 Å². The zero-order valence-corrected chi connectivity index (χ0v) is 32.2. The highest BCUT2D eigenvalue weighted by Crippen LogP contribution is 2.16. The maximum atomic E-state index is 12.2. The van der Waals surface area contributed by atoms with Gasteiger partial charge >= 0.3 is 11.9 Å². The van der Waals surface area contributed by atoms with E-state index < -0.39 is 12.2 Å². The van der Waals surface area contributed by atoms with Gasteiger partial charge in [0.1, 0.15) is 6.61 Å². The monoisotopic (exact) mass is 691 g/mol. The van der Waals surface area contributed by atoms with E-state index in [0.29, 0.717) is 19.3 Å². The molecule has 6 nitrogen and oxygen atoms in total. The van der Waals surface area contributed by atoms with Crippen molar-refractivity contribution in [1.82, 2.24) is 0 Å². The Hall–Kier alpha value is -1.92. The largest absolute Gasteiger partial charge is 0.462 e. The lowest BCUT2D eigenvalue weighted by Crippen LogP contribution is -2.28. The van der Waals surface area contributed by atoms with Crippen LogP contribution in [0.1, 0.15) is 194 Å². The number of rotatable bonds is 36. The lowest BCUT2D eigenvalue weighted by atomic mass is 10.0. The second-order valence-corrected chi connectivity index (χ2v) is 14.4. The van der Waals surface area contributed by atoms with Gasteiger partial charge in [0.2, 0.25) is 0 Å². The van der Waals surface area contributed by atoms with E-state index in [0.717, 1.165) is 70.1 Å². The summed E-state index contributed by atoms with van der Waals surface area (Å²) in [7, 11) is 0. The standard InChI is InChI=1S/C43H78O6/c1-4-5-27-33-40(45)34-29-24-20-16-14-18-21-25-30-35-42(46)48-38-41(37-44)49-43(47)36-31-26-22-17-13-11-9-7-6-8-10-12-15-19-23-28-32-39(2)3/h5,20,24,27,29,34,39-41,44-45H,4,6-19,21-23,25-26,28,30-33,35-38H2,1-3H3/b24-20+,27-5+,34-29+/t40?,41-/m0/s1. The quantitative estimate of drug-likeness (QED) is 0.0294. The van der Waals surface area contributed by atoms with Gasteiger partial charge in [-0.2, -0.15) is 0 Å².